The molecular formula is C7H3BrClF2NO2. The van der Waals surface area contributed by atoms with E-state index in [2.05, 4.69) is 20.9 Å². The summed E-state index contributed by atoms with van der Waals surface area (Å²) in [6.07, 6.45) is -2.91. The van der Waals surface area contributed by atoms with Crippen LogP contribution in [-0.2, 0) is 0 Å². The molecule has 0 radical (unpaired) electrons. The Labute approximate surface area is 90.8 Å². The smallest absolute Gasteiger partial charge is 0.284 e. The fraction of sp³-hybridized carbons (Fsp3) is 0.143. The standard InChI is InChI=1S/C7H3BrClF2NO2/c8-5-2(6(9)14)1-3(13)4(12-5)7(10)11/h1,7,13H. The molecule has 1 N–H and O–H groups in total. The van der Waals surface area contributed by atoms with Crippen molar-refractivity contribution in [3.8, 4) is 5.75 Å². The first kappa shape index (κ1) is 11.3. The third kappa shape index (κ3) is 2.19. The summed E-state index contributed by atoms with van der Waals surface area (Å²) in [4.78, 5) is 14.0. The Morgan fingerprint density at radius 2 is 2.21 bits per heavy atom. The van der Waals surface area contributed by atoms with Crippen LogP contribution < -0.4 is 0 Å². The van der Waals surface area contributed by atoms with Crippen LogP contribution in [0, 0.1) is 0 Å². The molecule has 0 aliphatic carbocycles. The predicted octanol–water partition coefficient (Wildman–Crippen LogP) is 2.87. The maximum absolute atomic E-state index is 12.2. The molecule has 0 spiro atoms. The monoisotopic (exact) mass is 285 g/mol. The Hall–Kier alpha value is -0.750. The largest absolute Gasteiger partial charge is 0.506 e. The number of nitrogens with zero attached hydrogens (tertiary/aromatic N) is 1. The van der Waals surface area contributed by atoms with Gasteiger partial charge in [0.15, 0.2) is 0 Å². The van der Waals surface area contributed by atoms with Gasteiger partial charge in [-0.1, -0.05) is 0 Å². The Morgan fingerprint density at radius 3 is 2.64 bits per heavy atom. The Bertz CT molecular complexity index is 386. The van der Waals surface area contributed by atoms with E-state index in [1.54, 1.807) is 0 Å². The number of aromatic nitrogens is 1. The average molecular weight is 286 g/mol. The highest BCUT2D eigenvalue weighted by Gasteiger charge is 2.19. The van der Waals surface area contributed by atoms with Gasteiger partial charge in [0.1, 0.15) is 16.0 Å². The second-order valence-corrected chi connectivity index (χ2v) is 3.40. The fourth-order valence-corrected chi connectivity index (χ4v) is 1.54. The molecule has 0 bridgehead atoms. The van der Waals surface area contributed by atoms with Gasteiger partial charge in [0, 0.05) is 0 Å². The van der Waals surface area contributed by atoms with Crippen molar-refractivity contribution in [2.24, 2.45) is 0 Å². The number of aromatic hydroxyl groups is 1. The Kier molecular flexibility index (Phi) is 3.38. The SMILES string of the molecule is O=C(Cl)c1cc(O)c(C(F)F)nc1Br. The zero-order chi connectivity index (χ0) is 10.9. The second kappa shape index (κ2) is 4.18. The van der Waals surface area contributed by atoms with Gasteiger partial charge >= 0.3 is 0 Å². The molecule has 3 nitrogen and oxygen atoms in total. The molecule has 0 atom stereocenters. The van der Waals surface area contributed by atoms with E-state index in [4.69, 9.17) is 16.7 Å². The molecule has 1 heterocycles. The molecule has 0 unspecified atom stereocenters. The second-order valence-electron chi connectivity index (χ2n) is 2.31. The van der Waals surface area contributed by atoms with Crippen LogP contribution in [0.3, 0.4) is 0 Å². The number of carbonyl (C=O) groups is 1. The van der Waals surface area contributed by atoms with Crippen LogP contribution in [0.5, 0.6) is 5.75 Å². The van der Waals surface area contributed by atoms with Crippen LogP contribution >= 0.6 is 27.5 Å². The molecule has 1 aromatic rings. The van der Waals surface area contributed by atoms with Crippen LogP contribution in [0.4, 0.5) is 8.78 Å². The fourth-order valence-electron chi connectivity index (χ4n) is 0.792. The van der Waals surface area contributed by atoms with Gasteiger partial charge in [-0.15, -0.1) is 0 Å². The first-order valence-electron chi connectivity index (χ1n) is 3.31. The van der Waals surface area contributed by atoms with Gasteiger partial charge in [-0.2, -0.15) is 0 Å². The highest BCUT2D eigenvalue weighted by atomic mass is 79.9. The van der Waals surface area contributed by atoms with Crippen molar-refractivity contribution in [2.45, 2.75) is 6.43 Å². The third-order valence-corrected chi connectivity index (χ3v) is 2.21. The highest BCUT2D eigenvalue weighted by Crippen LogP contribution is 2.30. The highest BCUT2D eigenvalue weighted by molar-refractivity contribution is 9.10. The molecule has 7 heteroatoms. The number of alkyl halides is 2. The van der Waals surface area contributed by atoms with E-state index in [9.17, 15) is 13.6 Å². The molecule has 0 aliphatic rings. The van der Waals surface area contributed by atoms with Crippen molar-refractivity contribution in [1.29, 1.82) is 0 Å². The molecule has 14 heavy (non-hydrogen) atoms. The van der Waals surface area contributed by atoms with E-state index in [-0.39, 0.29) is 10.2 Å². The number of carbonyl (C=O) groups excluding carboxylic acids is 1. The van der Waals surface area contributed by atoms with E-state index in [1.165, 1.54) is 0 Å². The molecule has 0 fully saturated rings. The molecule has 1 aromatic heterocycles. The van der Waals surface area contributed by atoms with Crippen LogP contribution in [-0.4, -0.2) is 15.3 Å². The van der Waals surface area contributed by atoms with Crippen molar-refractivity contribution < 1.29 is 18.7 Å². The molecular weight excluding hydrogens is 283 g/mol. The minimum absolute atomic E-state index is 0.120. The zero-order valence-electron chi connectivity index (χ0n) is 6.47. The minimum atomic E-state index is -2.91. The normalized spacial score (nSPS) is 10.6. The van der Waals surface area contributed by atoms with Gasteiger partial charge in [0.05, 0.1) is 5.56 Å². The van der Waals surface area contributed by atoms with Crippen LogP contribution in [0.15, 0.2) is 10.7 Å². The number of hydrogen-bond donors (Lipinski definition) is 1. The lowest BCUT2D eigenvalue weighted by atomic mass is 10.2. The van der Waals surface area contributed by atoms with Gasteiger partial charge in [-0.3, -0.25) is 4.79 Å². The molecule has 0 aromatic carbocycles. The summed E-state index contributed by atoms with van der Waals surface area (Å²) < 4.78 is 24.2. The van der Waals surface area contributed by atoms with E-state index < -0.39 is 23.1 Å². The summed E-state index contributed by atoms with van der Waals surface area (Å²) in [7, 11) is 0. The maximum atomic E-state index is 12.2. The van der Waals surface area contributed by atoms with Gasteiger partial charge in [0.2, 0.25) is 0 Å². The number of rotatable bonds is 2. The van der Waals surface area contributed by atoms with Gasteiger partial charge in [0.25, 0.3) is 11.7 Å². The van der Waals surface area contributed by atoms with Gasteiger partial charge < -0.3 is 5.11 Å². The molecule has 0 saturated carbocycles. The van der Waals surface area contributed by atoms with E-state index >= 15 is 0 Å². The van der Waals surface area contributed by atoms with E-state index in [0.29, 0.717) is 0 Å². The van der Waals surface area contributed by atoms with Gasteiger partial charge in [-0.25, -0.2) is 13.8 Å². The van der Waals surface area contributed by atoms with E-state index in [1.807, 2.05) is 0 Å². The summed E-state index contributed by atoms with van der Waals surface area (Å²) in [5.74, 6) is -0.757. The van der Waals surface area contributed by atoms with E-state index in [0.717, 1.165) is 6.07 Å². The molecule has 0 aliphatic heterocycles. The summed E-state index contributed by atoms with van der Waals surface area (Å²) in [6.45, 7) is 0. The lowest BCUT2D eigenvalue weighted by molar-refractivity contribution is 0.107. The van der Waals surface area contributed by atoms with Crippen LogP contribution in [0.25, 0.3) is 0 Å². The van der Waals surface area contributed by atoms with Crippen molar-refractivity contribution in [3.05, 3.63) is 21.9 Å². The summed E-state index contributed by atoms with van der Waals surface area (Å²) in [5, 5.41) is 8.17. The number of hydrogen-bond acceptors (Lipinski definition) is 3. The maximum Gasteiger partial charge on any atom is 0.284 e. The predicted molar refractivity (Wildman–Crippen MR) is 48.7 cm³/mol. The quantitative estimate of drug-likeness (QED) is 0.672. The lowest BCUT2D eigenvalue weighted by Crippen LogP contribution is -1.98. The summed E-state index contributed by atoms with van der Waals surface area (Å²) >= 11 is 7.89. The third-order valence-electron chi connectivity index (χ3n) is 1.40. The average Bonchev–Trinajstić information content (AvgIpc) is 2.07. The van der Waals surface area contributed by atoms with Crippen LogP contribution in [0.1, 0.15) is 22.5 Å². The lowest BCUT2D eigenvalue weighted by Gasteiger charge is -2.05. The van der Waals surface area contributed by atoms with Crippen molar-refractivity contribution in [1.82, 2.24) is 4.98 Å². The molecule has 0 amide bonds. The Balaban J connectivity index is 3.31. The van der Waals surface area contributed by atoms with Crippen molar-refractivity contribution >= 4 is 32.8 Å². The molecule has 0 saturated heterocycles. The van der Waals surface area contributed by atoms with Crippen molar-refractivity contribution in [3.63, 3.8) is 0 Å². The minimum Gasteiger partial charge on any atom is -0.506 e. The summed E-state index contributed by atoms with van der Waals surface area (Å²) in [5.41, 5.74) is -0.952. The first-order valence-corrected chi connectivity index (χ1v) is 4.48. The zero-order valence-corrected chi connectivity index (χ0v) is 8.81. The van der Waals surface area contributed by atoms with Gasteiger partial charge in [-0.05, 0) is 33.6 Å². The first-order chi connectivity index (χ1) is 6.43. The number of pyridine rings is 1. The molecule has 1 rings (SSSR count). The molecule has 76 valence electrons. The Morgan fingerprint density at radius 1 is 1.64 bits per heavy atom. The topological polar surface area (TPSA) is 50.2 Å². The summed E-state index contributed by atoms with van der Waals surface area (Å²) in [6, 6.07) is 0.841. The van der Waals surface area contributed by atoms with Crippen molar-refractivity contribution in [2.75, 3.05) is 0 Å². The van der Waals surface area contributed by atoms with Crippen LogP contribution in [0.2, 0.25) is 0 Å². The number of halogens is 4.